The number of thiazole rings is 1. The maximum atomic E-state index is 13.3. The second-order valence-corrected chi connectivity index (χ2v) is 7.52. The highest BCUT2D eigenvalue weighted by Crippen LogP contribution is 2.36. The second kappa shape index (κ2) is 8.28. The zero-order chi connectivity index (χ0) is 21.2. The number of halogens is 3. The van der Waals surface area contributed by atoms with Crippen molar-refractivity contribution in [1.29, 1.82) is 0 Å². The van der Waals surface area contributed by atoms with Gasteiger partial charge in [0.1, 0.15) is 16.5 Å². The molecule has 0 aliphatic rings. The third kappa shape index (κ3) is 5.17. The monoisotopic (exact) mass is 423 g/mol. The number of aliphatic hydroxyl groups is 1. The van der Waals surface area contributed by atoms with E-state index >= 15 is 0 Å². The van der Waals surface area contributed by atoms with Gasteiger partial charge in [-0.15, -0.1) is 11.3 Å². The Morgan fingerprint density at radius 1 is 1.34 bits per heavy atom. The number of rotatable bonds is 7. The van der Waals surface area contributed by atoms with E-state index in [1.807, 2.05) is 6.92 Å². The molecular formula is C20H20F3N3O2S. The number of nitrogens with zero attached hydrogens (tertiary/aromatic N) is 3. The number of ether oxygens (including phenoxy) is 1. The van der Waals surface area contributed by atoms with Gasteiger partial charge < -0.3 is 9.84 Å². The molecule has 0 amide bonds. The average molecular weight is 423 g/mol. The first kappa shape index (κ1) is 20.9. The van der Waals surface area contributed by atoms with E-state index in [2.05, 4.69) is 16.7 Å². The number of hydrogen-bond donors (Lipinski definition) is 1. The molecule has 29 heavy (non-hydrogen) atoms. The topological polar surface area (TPSA) is 60.2 Å². The molecule has 5 nitrogen and oxygen atoms in total. The summed E-state index contributed by atoms with van der Waals surface area (Å²) < 4.78 is 47.2. The number of benzene rings is 1. The van der Waals surface area contributed by atoms with Gasteiger partial charge in [-0.25, -0.2) is 4.98 Å². The van der Waals surface area contributed by atoms with E-state index in [1.54, 1.807) is 29.2 Å². The van der Waals surface area contributed by atoms with Crippen LogP contribution in [0, 0.1) is 0 Å². The molecular weight excluding hydrogens is 403 g/mol. The molecule has 0 saturated heterocycles. The fraction of sp³-hybridized carbons (Fsp3) is 0.300. The highest BCUT2D eigenvalue weighted by molar-refractivity contribution is 7.09. The lowest BCUT2D eigenvalue weighted by molar-refractivity contribution is -0.137. The molecule has 1 N–H and O–H groups in total. The molecule has 0 spiro atoms. The molecule has 0 aliphatic heterocycles. The second-order valence-electron chi connectivity index (χ2n) is 6.58. The predicted molar refractivity (Wildman–Crippen MR) is 106 cm³/mol. The Bertz CT molecular complexity index is 1010. The van der Waals surface area contributed by atoms with Crippen LogP contribution in [0.1, 0.15) is 36.4 Å². The molecule has 0 bridgehead atoms. The number of hydrogen-bond acceptors (Lipinski definition) is 5. The maximum Gasteiger partial charge on any atom is 0.416 e. The van der Waals surface area contributed by atoms with Crippen molar-refractivity contribution in [2.75, 3.05) is 0 Å². The third-order valence-corrected chi connectivity index (χ3v) is 5.09. The lowest BCUT2D eigenvalue weighted by atomic mass is 10.1. The highest BCUT2D eigenvalue weighted by atomic mass is 32.1. The largest absolute Gasteiger partial charge is 0.508 e. The van der Waals surface area contributed by atoms with Crippen molar-refractivity contribution in [1.82, 2.24) is 14.8 Å². The minimum atomic E-state index is -4.49. The Hall–Kier alpha value is -2.81. The Morgan fingerprint density at radius 2 is 2.10 bits per heavy atom. The smallest absolute Gasteiger partial charge is 0.416 e. The first-order valence-electron chi connectivity index (χ1n) is 8.90. The molecule has 3 aromatic rings. The van der Waals surface area contributed by atoms with Crippen LogP contribution in [0.15, 0.2) is 42.6 Å². The van der Waals surface area contributed by atoms with Crippen molar-refractivity contribution in [3.8, 4) is 17.0 Å². The van der Waals surface area contributed by atoms with Crippen molar-refractivity contribution in [3.05, 3.63) is 58.7 Å². The first-order valence-corrected chi connectivity index (χ1v) is 9.78. The Balaban J connectivity index is 1.89. The van der Waals surface area contributed by atoms with E-state index in [-0.39, 0.29) is 17.6 Å². The van der Waals surface area contributed by atoms with Gasteiger partial charge in [-0.05, 0) is 31.5 Å². The minimum absolute atomic E-state index is 0.0890. The SMILES string of the molecule is C=C(O)c1cnn(Cc2nc(-c3cc(OC(C)CC)cc(C(F)(F)F)c3)cs2)c1. The lowest BCUT2D eigenvalue weighted by Crippen LogP contribution is -2.11. The van der Waals surface area contributed by atoms with Gasteiger partial charge in [-0.2, -0.15) is 18.3 Å². The molecule has 2 heterocycles. The van der Waals surface area contributed by atoms with Crippen molar-refractivity contribution in [2.45, 2.75) is 39.1 Å². The maximum absolute atomic E-state index is 13.3. The van der Waals surface area contributed by atoms with Crippen LogP contribution in [0.3, 0.4) is 0 Å². The fourth-order valence-electron chi connectivity index (χ4n) is 2.55. The van der Waals surface area contributed by atoms with E-state index in [4.69, 9.17) is 4.74 Å². The number of aliphatic hydroxyl groups excluding tert-OH is 1. The Morgan fingerprint density at radius 3 is 2.72 bits per heavy atom. The van der Waals surface area contributed by atoms with Crippen LogP contribution in [0.4, 0.5) is 13.2 Å². The summed E-state index contributed by atoms with van der Waals surface area (Å²) in [5.74, 6) is 0.0748. The molecule has 154 valence electrons. The van der Waals surface area contributed by atoms with Crippen LogP contribution >= 0.6 is 11.3 Å². The summed E-state index contributed by atoms with van der Waals surface area (Å²) in [5, 5.41) is 15.9. The van der Waals surface area contributed by atoms with Gasteiger partial charge in [0.25, 0.3) is 0 Å². The van der Waals surface area contributed by atoms with Crippen molar-refractivity contribution < 1.29 is 23.0 Å². The van der Waals surface area contributed by atoms with Gasteiger partial charge in [-0.3, -0.25) is 4.68 Å². The van der Waals surface area contributed by atoms with Gasteiger partial charge >= 0.3 is 6.18 Å². The zero-order valence-electron chi connectivity index (χ0n) is 15.9. The molecule has 3 rings (SSSR count). The summed E-state index contributed by atoms with van der Waals surface area (Å²) in [6.45, 7) is 7.47. The van der Waals surface area contributed by atoms with E-state index in [0.29, 0.717) is 34.8 Å². The van der Waals surface area contributed by atoms with Gasteiger partial charge in [0.15, 0.2) is 0 Å². The molecule has 0 fully saturated rings. The first-order chi connectivity index (χ1) is 13.7. The van der Waals surface area contributed by atoms with Gasteiger partial charge in [0.2, 0.25) is 0 Å². The van der Waals surface area contributed by atoms with Crippen molar-refractivity contribution in [2.24, 2.45) is 0 Å². The summed E-state index contributed by atoms with van der Waals surface area (Å²) in [5.41, 5.74) is 0.488. The number of alkyl halides is 3. The van der Waals surface area contributed by atoms with Crippen LogP contribution < -0.4 is 4.74 Å². The van der Waals surface area contributed by atoms with E-state index in [9.17, 15) is 18.3 Å². The van der Waals surface area contributed by atoms with Crippen LogP contribution in [-0.4, -0.2) is 26.0 Å². The summed E-state index contributed by atoms with van der Waals surface area (Å²) >= 11 is 1.32. The quantitative estimate of drug-likeness (QED) is 0.490. The van der Waals surface area contributed by atoms with Gasteiger partial charge in [0, 0.05) is 17.1 Å². The summed E-state index contributed by atoms with van der Waals surface area (Å²) in [6, 6.07) is 3.65. The van der Waals surface area contributed by atoms with Gasteiger partial charge in [0.05, 0.1) is 35.7 Å². The third-order valence-electron chi connectivity index (χ3n) is 4.26. The fourth-order valence-corrected chi connectivity index (χ4v) is 3.34. The van der Waals surface area contributed by atoms with E-state index in [1.165, 1.54) is 17.5 Å². The van der Waals surface area contributed by atoms with Crippen molar-refractivity contribution >= 4 is 17.1 Å². The molecule has 0 aliphatic carbocycles. The average Bonchev–Trinajstić information content (AvgIpc) is 3.31. The minimum Gasteiger partial charge on any atom is -0.508 e. The lowest BCUT2D eigenvalue weighted by Gasteiger charge is -2.16. The van der Waals surface area contributed by atoms with E-state index in [0.717, 1.165) is 12.1 Å². The van der Waals surface area contributed by atoms with E-state index < -0.39 is 11.7 Å². The predicted octanol–water partition coefficient (Wildman–Crippen LogP) is 5.78. The normalized spacial score (nSPS) is 12.7. The van der Waals surface area contributed by atoms with Crippen LogP contribution in [0.25, 0.3) is 17.0 Å². The Kier molecular flexibility index (Phi) is 5.97. The molecule has 9 heteroatoms. The molecule has 1 atom stereocenters. The molecule has 0 saturated carbocycles. The summed E-state index contributed by atoms with van der Waals surface area (Å²) in [6.07, 6.45) is -0.917. The summed E-state index contributed by atoms with van der Waals surface area (Å²) in [4.78, 5) is 4.44. The standard InChI is InChI=1S/C20H20F3N3O2S/c1-4-12(2)28-17-6-14(5-16(7-17)20(21,22)23)18-11-29-19(25-18)10-26-9-15(8-24-26)13(3)27/h5-9,11-12,27H,3-4,10H2,1-2H3. The molecule has 2 aromatic heterocycles. The summed E-state index contributed by atoms with van der Waals surface area (Å²) in [7, 11) is 0. The molecule has 0 radical (unpaired) electrons. The molecule has 1 aromatic carbocycles. The number of aromatic nitrogens is 3. The van der Waals surface area contributed by atoms with Gasteiger partial charge in [-0.1, -0.05) is 13.5 Å². The van der Waals surface area contributed by atoms with Crippen LogP contribution in [0.5, 0.6) is 5.75 Å². The highest BCUT2D eigenvalue weighted by Gasteiger charge is 2.32. The zero-order valence-corrected chi connectivity index (χ0v) is 16.7. The molecule has 1 unspecified atom stereocenters. The Labute approximate surface area is 170 Å². The van der Waals surface area contributed by atoms with Crippen molar-refractivity contribution in [3.63, 3.8) is 0 Å². The van der Waals surface area contributed by atoms with Crippen LogP contribution in [-0.2, 0) is 12.7 Å². The van der Waals surface area contributed by atoms with Crippen LogP contribution in [0.2, 0.25) is 0 Å².